The Balaban J connectivity index is 2.58. The molecule has 0 aliphatic carbocycles. The third kappa shape index (κ3) is 4.13. The molecule has 1 heterocycles. The first kappa shape index (κ1) is 13.6. The first-order valence-corrected chi connectivity index (χ1v) is 5.44. The third-order valence-corrected chi connectivity index (χ3v) is 2.33. The van der Waals surface area contributed by atoms with Crippen LogP contribution in [0.2, 0.25) is 0 Å². The number of carbonyl (C=O) groups is 1. The van der Waals surface area contributed by atoms with Gasteiger partial charge in [-0.1, -0.05) is 0 Å². The van der Waals surface area contributed by atoms with Crippen molar-refractivity contribution in [1.29, 1.82) is 0 Å². The summed E-state index contributed by atoms with van der Waals surface area (Å²) in [6, 6.07) is 3.52. The van der Waals surface area contributed by atoms with Crippen molar-refractivity contribution in [2.24, 2.45) is 0 Å². The number of hydrogen-bond acceptors (Lipinski definition) is 4. The van der Waals surface area contributed by atoms with Crippen LogP contribution in [0.4, 0.5) is 0 Å². The first-order chi connectivity index (χ1) is 8.04. The van der Waals surface area contributed by atoms with Gasteiger partial charge in [0, 0.05) is 19.3 Å². The molecule has 0 spiro atoms. The van der Waals surface area contributed by atoms with Crippen LogP contribution in [0.5, 0.6) is 0 Å². The molecule has 1 rings (SSSR count). The predicted octanol–water partition coefficient (Wildman–Crippen LogP) is 0.436. The quantitative estimate of drug-likeness (QED) is 0.780. The van der Waals surface area contributed by atoms with Gasteiger partial charge >= 0.3 is 0 Å². The molecule has 0 aromatic carbocycles. The molecule has 1 amide bonds. The van der Waals surface area contributed by atoms with Gasteiger partial charge in [0.15, 0.2) is 0 Å². The van der Waals surface area contributed by atoms with E-state index in [4.69, 9.17) is 4.74 Å². The number of aromatic nitrogens is 1. The van der Waals surface area contributed by atoms with Gasteiger partial charge in [-0.2, -0.15) is 0 Å². The standard InChI is InChI=1S/C12H18N2O3/c1-8-4-5-11(9(2)14-8)12(16)13-6-10(15)7-17-3/h4-5,10,15H,6-7H2,1-3H3,(H,13,16). The van der Waals surface area contributed by atoms with Crippen LogP contribution in [0.3, 0.4) is 0 Å². The highest BCUT2D eigenvalue weighted by molar-refractivity contribution is 5.95. The Kier molecular flexibility index (Phi) is 5.06. The summed E-state index contributed by atoms with van der Waals surface area (Å²) in [5.74, 6) is -0.231. The third-order valence-electron chi connectivity index (χ3n) is 2.33. The number of pyridine rings is 1. The normalized spacial score (nSPS) is 12.2. The molecule has 0 fully saturated rings. The van der Waals surface area contributed by atoms with Gasteiger partial charge in [-0.15, -0.1) is 0 Å². The van der Waals surface area contributed by atoms with Crippen LogP contribution in [-0.2, 0) is 4.74 Å². The second-order valence-electron chi connectivity index (χ2n) is 3.90. The number of nitrogens with one attached hydrogen (secondary N) is 1. The van der Waals surface area contributed by atoms with Crippen LogP contribution >= 0.6 is 0 Å². The molecule has 1 unspecified atom stereocenters. The fourth-order valence-electron chi connectivity index (χ4n) is 1.48. The highest BCUT2D eigenvalue weighted by Gasteiger charge is 2.11. The summed E-state index contributed by atoms with van der Waals surface area (Å²) in [5.41, 5.74) is 2.09. The summed E-state index contributed by atoms with van der Waals surface area (Å²) < 4.78 is 4.77. The van der Waals surface area contributed by atoms with Crippen molar-refractivity contribution in [2.75, 3.05) is 20.3 Å². The highest BCUT2D eigenvalue weighted by atomic mass is 16.5. The SMILES string of the molecule is COCC(O)CNC(=O)c1ccc(C)nc1C. The molecule has 0 aliphatic rings. The summed E-state index contributed by atoms with van der Waals surface area (Å²) in [7, 11) is 1.50. The van der Waals surface area contributed by atoms with Gasteiger partial charge in [0.25, 0.3) is 5.91 Å². The van der Waals surface area contributed by atoms with Gasteiger partial charge in [0.05, 0.1) is 24.0 Å². The van der Waals surface area contributed by atoms with Crippen molar-refractivity contribution in [3.8, 4) is 0 Å². The zero-order valence-corrected chi connectivity index (χ0v) is 10.4. The first-order valence-electron chi connectivity index (χ1n) is 5.44. The molecule has 17 heavy (non-hydrogen) atoms. The van der Waals surface area contributed by atoms with Crippen LogP contribution < -0.4 is 5.32 Å². The summed E-state index contributed by atoms with van der Waals surface area (Å²) in [5, 5.41) is 12.0. The molecule has 5 nitrogen and oxygen atoms in total. The Morgan fingerprint density at radius 2 is 2.24 bits per heavy atom. The number of carbonyl (C=O) groups excluding carboxylic acids is 1. The Morgan fingerprint density at radius 1 is 1.53 bits per heavy atom. The van der Waals surface area contributed by atoms with E-state index in [9.17, 15) is 9.90 Å². The van der Waals surface area contributed by atoms with Crippen molar-refractivity contribution >= 4 is 5.91 Å². The molecule has 0 radical (unpaired) electrons. The topological polar surface area (TPSA) is 71.5 Å². The second kappa shape index (κ2) is 6.32. The highest BCUT2D eigenvalue weighted by Crippen LogP contribution is 2.06. The number of nitrogens with zero attached hydrogens (tertiary/aromatic N) is 1. The number of aliphatic hydroxyl groups is 1. The number of ether oxygens (including phenoxy) is 1. The number of rotatable bonds is 5. The number of aliphatic hydroxyl groups excluding tert-OH is 1. The number of aryl methyl sites for hydroxylation is 2. The average Bonchev–Trinajstić information content (AvgIpc) is 2.26. The summed E-state index contributed by atoms with van der Waals surface area (Å²) in [6.45, 7) is 4.02. The van der Waals surface area contributed by atoms with E-state index in [-0.39, 0.29) is 19.1 Å². The van der Waals surface area contributed by atoms with E-state index in [1.165, 1.54) is 7.11 Å². The van der Waals surface area contributed by atoms with E-state index in [1.54, 1.807) is 19.1 Å². The van der Waals surface area contributed by atoms with E-state index < -0.39 is 6.10 Å². The van der Waals surface area contributed by atoms with Gasteiger partial charge < -0.3 is 15.2 Å². The largest absolute Gasteiger partial charge is 0.389 e. The van der Waals surface area contributed by atoms with E-state index in [0.717, 1.165) is 5.69 Å². The number of hydrogen-bond donors (Lipinski definition) is 2. The average molecular weight is 238 g/mol. The second-order valence-corrected chi connectivity index (χ2v) is 3.90. The Morgan fingerprint density at radius 3 is 2.82 bits per heavy atom. The summed E-state index contributed by atoms with van der Waals surface area (Å²) in [4.78, 5) is 16.0. The molecule has 94 valence electrons. The Labute approximate surface area is 101 Å². The monoisotopic (exact) mass is 238 g/mol. The minimum absolute atomic E-state index is 0.167. The Hall–Kier alpha value is -1.46. The molecule has 0 saturated carbocycles. The molecule has 0 bridgehead atoms. The van der Waals surface area contributed by atoms with Crippen LogP contribution in [0.1, 0.15) is 21.7 Å². The maximum Gasteiger partial charge on any atom is 0.253 e. The van der Waals surface area contributed by atoms with Gasteiger partial charge in [0.2, 0.25) is 0 Å². The maximum absolute atomic E-state index is 11.8. The van der Waals surface area contributed by atoms with Crippen molar-refractivity contribution in [1.82, 2.24) is 10.3 Å². The van der Waals surface area contributed by atoms with Gasteiger partial charge in [0.1, 0.15) is 0 Å². The van der Waals surface area contributed by atoms with Gasteiger partial charge in [-0.05, 0) is 26.0 Å². The lowest BCUT2D eigenvalue weighted by Crippen LogP contribution is -2.34. The fraction of sp³-hybridized carbons (Fsp3) is 0.500. The van der Waals surface area contributed by atoms with Crippen LogP contribution in [-0.4, -0.2) is 42.4 Å². The molecule has 1 aromatic rings. The van der Waals surface area contributed by atoms with E-state index in [1.807, 2.05) is 6.92 Å². The smallest absolute Gasteiger partial charge is 0.253 e. The Bertz CT molecular complexity index is 393. The van der Waals surface area contributed by atoms with Crippen molar-refractivity contribution in [3.05, 3.63) is 29.1 Å². The molecule has 1 aromatic heterocycles. The maximum atomic E-state index is 11.8. The van der Waals surface area contributed by atoms with Crippen LogP contribution in [0.15, 0.2) is 12.1 Å². The number of amides is 1. The van der Waals surface area contributed by atoms with Gasteiger partial charge in [-0.3, -0.25) is 9.78 Å². The molecule has 0 saturated heterocycles. The minimum Gasteiger partial charge on any atom is -0.389 e. The lowest BCUT2D eigenvalue weighted by Gasteiger charge is -2.11. The van der Waals surface area contributed by atoms with Crippen molar-refractivity contribution in [3.63, 3.8) is 0 Å². The summed E-state index contributed by atoms with van der Waals surface area (Å²) in [6.07, 6.45) is -0.692. The van der Waals surface area contributed by atoms with Crippen LogP contribution in [0, 0.1) is 13.8 Å². The zero-order valence-electron chi connectivity index (χ0n) is 10.4. The van der Waals surface area contributed by atoms with Gasteiger partial charge in [-0.25, -0.2) is 0 Å². The molecule has 0 aliphatic heterocycles. The van der Waals surface area contributed by atoms with E-state index >= 15 is 0 Å². The van der Waals surface area contributed by atoms with Crippen molar-refractivity contribution < 1.29 is 14.6 Å². The van der Waals surface area contributed by atoms with E-state index in [2.05, 4.69) is 10.3 Å². The lowest BCUT2D eigenvalue weighted by molar-refractivity contribution is 0.0609. The minimum atomic E-state index is -0.692. The molecular weight excluding hydrogens is 220 g/mol. The number of methoxy groups -OCH3 is 1. The lowest BCUT2D eigenvalue weighted by atomic mass is 10.1. The molecule has 1 atom stereocenters. The summed E-state index contributed by atoms with van der Waals surface area (Å²) >= 11 is 0. The molecule has 5 heteroatoms. The molecule has 2 N–H and O–H groups in total. The van der Waals surface area contributed by atoms with Crippen molar-refractivity contribution in [2.45, 2.75) is 20.0 Å². The predicted molar refractivity (Wildman–Crippen MR) is 63.9 cm³/mol. The zero-order chi connectivity index (χ0) is 12.8. The fourth-order valence-corrected chi connectivity index (χ4v) is 1.48. The van der Waals surface area contributed by atoms with E-state index in [0.29, 0.717) is 11.3 Å². The van der Waals surface area contributed by atoms with Crippen LogP contribution in [0.25, 0.3) is 0 Å². The molecular formula is C12H18N2O3.